The average Bonchev–Trinajstić information content (AvgIpc) is 2.94. The van der Waals surface area contributed by atoms with Crippen molar-refractivity contribution in [1.29, 1.82) is 0 Å². The second kappa shape index (κ2) is 7.40. The molecule has 2 aromatic heterocycles. The van der Waals surface area contributed by atoms with Crippen molar-refractivity contribution in [3.8, 4) is 0 Å². The number of allylic oxidation sites excluding steroid dienone is 1. The van der Waals surface area contributed by atoms with Crippen LogP contribution in [0.4, 0.5) is 0 Å². The molecular weight excluding hydrogens is 274 g/mol. The molecule has 22 heavy (non-hydrogen) atoms. The van der Waals surface area contributed by atoms with Crippen LogP contribution in [0.15, 0.2) is 18.9 Å². The summed E-state index contributed by atoms with van der Waals surface area (Å²) in [7, 11) is 0. The monoisotopic (exact) mass is 301 g/mol. The van der Waals surface area contributed by atoms with Crippen LogP contribution in [0.2, 0.25) is 0 Å². The Balaban J connectivity index is 1.98. The Labute approximate surface area is 133 Å². The molecule has 5 nitrogen and oxygen atoms in total. The van der Waals surface area contributed by atoms with Crippen LogP contribution in [0.5, 0.6) is 0 Å². The zero-order valence-corrected chi connectivity index (χ0v) is 14.2. The number of aryl methyl sites for hydroxylation is 3. The molecule has 0 bridgehead atoms. The third kappa shape index (κ3) is 3.65. The first-order chi connectivity index (χ1) is 10.6. The summed E-state index contributed by atoms with van der Waals surface area (Å²) < 4.78 is 4.04. The molecule has 0 aliphatic carbocycles. The maximum atomic E-state index is 4.62. The van der Waals surface area contributed by atoms with Crippen LogP contribution >= 0.6 is 0 Å². The summed E-state index contributed by atoms with van der Waals surface area (Å²) in [4.78, 5) is 0. The molecule has 0 spiro atoms. The van der Waals surface area contributed by atoms with Gasteiger partial charge in [0, 0.05) is 42.7 Å². The lowest BCUT2D eigenvalue weighted by Gasteiger charge is -2.06. The number of hydrogen-bond acceptors (Lipinski definition) is 3. The van der Waals surface area contributed by atoms with Gasteiger partial charge in [-0.2, -0.15) is 10.2 Å². The average molecular weight is 301 g/mol. The molecule has 0 aliphatic rings. The van der Waals surface area contributed by atoms with Crippen LogP contribution < -0.4 is 5.32 Å². The zero-order chi connectivity index (χ0) is 16.1. The van der Waals surface area contributed by atoms with Crippen LogP contribution in [-0.4, -0.2) is 19.6 Å². The highest BCUT2D eigenvalue weighted by atomic mass is 15.3. The molecule has 0 radical (unpaired) electrons. The Bertz CT molecular complexity index is 636. The van der Waals surface area contributed by atoms with E-state index < -0.39 is 0 Å². The van der Waals surface area contributed by atoms with Gasteiger partial charge in [-0.1, -0.05) is 13.0 Å². The second-order valence-electron chi connectivity index (χ2n) is 5.73. The minimum Gasteiger partial charge on any atom is -0.308 e. The normalized spacial score (nSPS) is 11.1. The molecule has 5 heteroatoms. The van der Waals surface area contributed by atoms with Crippen molar-refractivity contribution in [3.63, 3.8) is 0 Å². The maximum Gasteiger partial charge on any atom is 0.0641 e. The van der Waals surface area contributed by atoms with Gasteiger partial charge in [-0.3, -0.25) is 9.36 Å². The highest BCUT2D eigenvalue weighted by molar-refractivity contribution is 5.24. The molecule has 2 aromatic rings. The van der Waals surface area contributed by atoms with Crippen molar-refractivity contribution in [3.05, 3.63) is 47.1 Å². The fraction of sp³-hybridized carbons (Fsp3) is 0.529. The number of nitrogens with one attached hydrogen (secondary N) is 1. The number of nitrogens with zero attached hydrogens (tertiary/aromatic N) is 4. The van der Waals surface area contributed by atoms with Crippen LogP contribution in [-0.2, 0) is 26.2 Å². The summed E-state index contributed by atoms with van der Waals surface area (Å²) in [5.41, 5.74) is 6.01. The van der Waals surface area contributed by atoms with Crippen molar-refractivity contribution < 1.29 is 0 Å². The van der Waals surface area contributed by atoms with Crippen molar-refractivity contribution in [2.75, 3.05) is 0 Å². The summed E-state index contributed by atoms with van der Waals surface area (Å²) in [5, 5.41) is 12.6. The maximum absolute atomic E-state index is 4.62. The minimum atomic E-state index is 0.753. The molecule has 0 atom stereocenters. The van der Waals surface area contributed by atoms with Gasteiger partial charge in [-0.05, 0) is 27.2 Å². The van der Waals surface area contributed by atoms with E-state index in [1.54, 1.807) is 0 Å². The molecule has 0 unspecified atom stereocenters. The highest BCUT2D eigenvalue weighted by Gasteiger charge is 2.11. The summed E-state index contributed by atoms with van der Waals surface area (Å²) in [6, 6.07) is 0. The number of hydrogen-bond donors (Lipinski definition) is 1. The third-order valence-electron chi connectivity index (χ3n) is 3.95. The number of aromatic nitrogens is 4. The van der Waals surface area contributed by atoms with Gasteiger partial charge < -0.3 is 5.32 Å². The zero-order valence-electron chi connectivity index (χ0n) is 14.2. The van der Waals surface area contributed by atoms with Gasteiger partial charge in [-0.25, -0.2) is 0 Å². The van der Waals surface area contributed by atoms with E-state index in [1.165, 1.54) is 16.8 Å². The first kappa shape index (κ1) is 16.5. The molecule has 120 valence electrons. The van der Waals surface area contributed by atoms with E-state index in [4.69, 9.17) is 0 Å². The lowest BCUT2D eigenvalue weighted by Crippen LogP contribution is -2.14. The molecule has 0 aliphatic heterocycles. The van der Waals surface area contributed by atoms with Crippen molar-refractivity contribution >= 4 is 0 Å². The predicted octanol–water partition coefficient (Wildman–Crippen LogP) is 2.89. The van der Waals surface area contributed by atoms with Crippen molar-refractivity contribution in [1.82, 2.24) is 24.9 Å². The molecule has 0 saturated heterocycles. The quantitative estimate of drug-likeness (QED) is 0.763. The van der Waals surface area contributed by atoms with Crippen LogP contribution in [0.3, 0.4) is 0 Å². The Kier molecular flexibility index (Phi) is 5.55. The van der Waals surface area contributed by atoms with Crippen LogP contribution in [0, 0.1) is 20.8 Å². The summed E-state index contributed by atoms with van der Waals surface area (Å²) in [5.74, 6) is 0. The van der Waals surface area contributed by atoms with Crippen LogP contribution in [0.1, 0.15) is 41.6 Å². The summed E-state index contributed by atoms with van der Waals surface area (Å²) >= 11 is 0. The second-order valence-corrected chi connectivity index (χ2v) is 5.73. The van der Waals surface area contributed by atoms with Crippen molar-refractivity contribution in [2.24, 2.45) is 0 Å². The summed E-state index contributed by atoms with van der Waals surface area (Å²) in [6.07, 6.45) is 5.05. The van der Waals surface area contributed by atoms with E-state index in [2.05, 4.69) is 53.7 Å². The molecule has 2 heterocycles. The first-order valence-electron chi connectivity index (χ1n) is 7.94. The largest absolute Gasteiger partial charge is 0.308 e. The Hall–Kier alpha value is -1.88. The molecule has 1 N–H and O–H groups in total. The van der Waals surface area contributed by atoms with Gasteiger partial charge in [-0.15, -0.1) is 6.58 Å². The van der Waals surface area contributed by atoms with Gasteiger partial charge in [0.15, 0.2) is 0 Å². The van der Waals surface area contributed by atoms with E-state index in [1.807, 2.05) is 17.7 Å². The standard InChI is InChI=1S/C17H27N5/c1-6-8-21-12-16(13(3)19-21)10-18-11-17-14(4)20-22(9-7-2)15(17)5/h6,12,18H,1,7-11H2,2-5H3. The fourth-order valence-electron chi connectivity index (χ4n) is 2.70. The van der Waals surface area contributed by atoms with Crippen LogP contribution in [0.25, 0.3) is 0 Å². The lowest BCUT2D eigenvalue weighted by molar-refractivity contribution is 0.581. The summed E-state index contributed by atoms with van der Waals surface area (Å²) in [6.45, 7) is 15.6. The van der Waals surface area contributed by atoms with Crippen molar-refractivity contribution in [2.45, 2.75) is 60.3 Å². The lowest BCUT2D eigenvalue weighted by atomic mass is 10.2. The molecule has 0 saturated carbocycles. The molecule has 0 aromatic carbocycles. The topological polar surface area (TPSA) is 47.7 Å². The Morgan fingerprint density at radius 2 is 1.95 bits per heavy atom. The van der Waals surface area contributed by atoms with Gasteiger partial charge in [0.2, 0.25) is 0 Å². The van der Waals surface area contributed by atoms with E-state index >= 15 is 0 Å². The number of rotatable bonds is 8. The van der Waals surface area contributed by atoms with E-state index in [-0.39, 0.29) is 0 Å². The SMILES string of the molecule is C=CCn1cc(CNCc2c(C)nn(CCC)c2C)c(C)n1. The Morgan fingerprint density at radius 1 is 1.18 bits per heavy atom. The van der Waals surface area contributed by atoms with Gasteiger partial charge in [0.25, 0.3) is 0 Å². The molecule has 0 fully saturated rings. The van der Waals surface area contributed by atoms with Gasteiger partial charge in [0.05, 0.1) is 17.9 Å². The van der Waals surface area contributed by atoms with E-state index in [0.29, 0.717) is 0 Å². The first-order valence-corrected chi connectivity index (χ1v) is 7.94. The molecule has 0 amide bonds. The predicted molar refractivity (Wildman–Crippen MR) is 89.7 cm³/mol. The molecule has 2 rings (SSSR count). The van der Waals surface area contributed by atoms with E-state index in [0.717, 1.165) is 44.0 Å². The van der Waals surface area contributed by atoms with Gasteiger partial charge >= 0.3 is 0 Å². The highest BCUT2D eigenvalue weighted by Crippen LogP contribution is 2.14. The minimum absolute atomic E-state index is 0.753. The Morgan fingerprint density at radius 3 is 2.64 bits per heavy atom. The fourth-order valence-corrected chi connectivity index (χ4v) is 2.70. The van der Waals surface area contributed by atoms with E-state index in [9.17, 15) is 0 Å². The van der Waals surface area contributed by atoms with Gasteiger partial charge in [0.1, 0.15) is 0 Å². The smallest absolute Gasteiger partial charge is 0.0641 e. The third-order valence-corrected chi connectivity index (χ3v) is 3.95. The molecular formula is C17H27N5.